The average molecular weight is 287 g/mol. The van der Waals surface area contributed by atoms with Crippen molar-refractivity contribution >= 4 is 23.5 Å². The summed E-state index contributed by atoms with van der Waals surface area (Å²) in [6.45, 7) is 1.77. The van der Waals surface area contributed by atoms with E-state index in [1.54, 1.807) is 12.1 Å². The van der Waals surface area contributed by atoms with Crippen LogP contribution in [0, 0.1) is 5.82 Å². The average Bonchev–Trinajstić information content (AvgIpc) is 2.42. The van der Waals surface area contributed by atoms with Crippen molar-refractivity contribution in [1.29, 1.82) is 0 Å². The first-order valence-electron chi connectivity index (χ1n) is 6.02. The van der Waals surface area contributed by atoms with E-state index in [4.69, 9.17) is 4.74 Å². The van der Waals surface area contributed by atoms with Crippen LogP contribution in [0.25, 0.3) is 0 Å². The summed E-state index contributed by atoms with van der Waals surface area (Å²) in [5, 5.41) is 4.13. The molecule has 0 saturated carbocycles. The van der Waals surface area contributed by atoms with Crippen LogP contribution in [-0.4, -0.2) is 36.2 Å². The number of rotatable bonds is 5. The van der Waals surface area contributed by atoms with Gasteiger partial charge in [-0.05, 0) is 17.7 Å². The zero-order valence-corrected chi connectivity index (χ0v) is 12.1. The van der Waals surface area contributed by atoms with Crippen molar-refractivity contribution in [3.8, 4) is 5.75 Å². The molecule has 1 aromatic rings. The second-order valence-electron chi connectivity index (χ2n) is 4.17. The molecule has 0 radical (unpaired) electrons. The first-order chi connectivity index (χ1) is 8.79. The largest absolute Gasteiger partial charge is 0.494 e. The van der Waals surface area contributed by atoms with Crippen LogP contribution >= 0.6 is 23.5 Å². The van der Waals surface area contributed by atoms with Crippen molar-refractivity contribution in [2.75, 3.05) is 30.9 Å². The summed E-state index contributed by atoms with van der Waals surface area (Å²) in [7, 11) is 1.49. The van der Waals surface area contributed by atoms with Crippen LogP contribution in [0.1, 0.15) is 5.56 Å². The van der Waals surface area contributed by atoms with Crippen LogP contribution in [0.3, 0.4) is 0 Å². The third-order valence-corrected chi connectivity index (χ3v) is 5.65. The molecule has 0 amide bonds. The SMILES string of the molecule is COc1cc(CNCC2CSCCS2)ccc1F. The van der Waals surface area contributed by atoms with Crippen LogP contribution in [-0.2, 0) is 6.54 Å². The molecule has 1 aliphatic heterocycles. The normalized spacial score (nSPS) is 19.8. The molecule has 0 bridgehead atoms. The molecule has 1 aromatic carbocycles. The lowest BCUT2D eigenvalue weighted by molar-refractivity contribution is 0.385. The smallest absolute Gasteiger partial charge is 0.165 e. The van der Waals surface area contributed by atoms with Crippen molar-refractivity contribution in [1.82, 2.24) is 5.32 Å². The van der Waals surface area contributed by atoms with Gasteiger partial charge in [-0.15, -0.1) is 0 Å². The molecule has 1 fully saturated rings. The minimum absolute atomic E-state index is 0.305. The number of benzene rings is 1. The van der Waals surface area contributed by atoms with Crippen molar-refractivity contribution in [2.45, 2.75) is 11.8 Å². The number of nitrogens with one attached hydrogen (secondary N) is 1. The van der Waals surface area contributed by atoms with Gasteiger partial charge in [0.05, 0.1) is 7.11 Å². The zero-order chi connectivity index (χ0) is 12.8. The zero-order valence-electron chi connectivity index (χ0n) is 10.4. The van der Waals surface area contributed by atoms with Gasteiger partial charge in [0.1, 0.15) is 0 Å². The van der Waals surface area contributed by atoms with Gasteiger partial charge >= 0.3 is 0 Å². The van der Waals surface area contributed by atoms with Crippen LogP contribution in [0.5, 0.6) is 5.75 Å². The Morgan fingerprint density at radius 3 is 3.06 bits per heavy atom. The molecule has 100 valence electrons. The highest BCUT2D eigenvalue weighted by Gasteiger charge is 2.13. The van der Waals surface area contributed by atoms with E-state index in [1.165, 1.54) is 30.4 Å². The van der Waals surface area contributed by atoms with E-state index in [2.05, 4.69) is 5.32 Å². The van der Waals surface area contributed by atoms with Gasteiger partial charge in [0.25, 0.3) is 0 Å². The standard InChI is InChI=1S/C13H18FNOS2/c1-16-13-6-10(2-3-12(13)14)7-15-8-11-9-17-4-5-18-11/h2-3,6,11,15H,4-5,7-9H2,1H3. The Labute approximate surface area is 116 Å². The Morgan fingerprint density at radius 2 is 2.33 bits per heavy atom. The Morgan fingerprint density at radius 1 is 1.44 bits per heavy atom. The van der Waals surface area contributed by atoms with E-state index >= 15 is 0 Å². The lowest BCUT2D eigenvalue weighted by Crippen LogP contribution is -2.28. The third kappa shape index (κ3) is 4.07. The van der Waals surface area contributed by atoms with E-state index in [1.807, 2.05) is 23.5 Å². The summed E-state index contributed by atoms with van der Waals surface area (Å²) >= 11 is 4.07. The highest BCUT2D eigenvalue weighted by Crippen LogP contribution is 2.23. The van der Waals surface area contributed by atoms with Gasteiger partial charge in [0.2, 0.25) is 0 Å². The number of thioether (sulfide) groups is 2. The maximum absolute atomic E-state index is 13.2. The molecule has 0 spiro atoms. The lowest BCUT2D eigenvalue weighted by atomic mass is 10.2. The third-order valence-electron chi connectivity index (χ3n) is 2.80. The summed E-state index contributed by atoms with van der Waals surface area (Å²) < 4.78 is 18.2. The molecular weight excluding hydrogens is 269 g/mol. The Hall–Kier alpha value is -0.390. The van der Waals surface area contributed by atoms with Gasteiger partial charge in [-0.2, -0.15) is 23.5 Å². The summed E-state index contributed by atoms with van der Waals surface area (Å²) in [6, 6.07) is 5.01. The molecule has 1 saturated heterocycles. The number of hydrogen-bond donors (Lipinski definition) is 1. The highest BCUT2D eigenvalue weighted by molar-refractivity contribution is 8.06. The maximum atomic E-state index is 13.2. The maximum Gasteiger partial charge on any atom is 0.165 e. The molecule has 1 heterocycles. The summed E-state index contributed by atoms with van der Waals surface area (Å²) in [5.41, 5.74) is 1.06. The molecule has 1 aliphatic rings. The summed E-state index contributed by atoms with van der Waals surface area (Å²) in [5.74, 6) is 3.76. The monoisotopic (exact) mass is 287 g/mol. The molecule has 18 heavy (non-hydrogen) atoms. The van der Waals surface area contributed by atoms with Crippen LogP contribution in [0.4, 0.5) is 4.39 Å². The van der Waals surface area contributed by atoms with Crippen LogP contribution < -0.4 is 10.1 Å². The first kappa shape index (κ1) is 14.0. The summed E-state index contributed by atoms with van der Waals surface area (Å²) in [6.07, 6.45) is 0. The van der Waals surface area contributed by atoms with Crippen molar-refractivity contribution < 1.29 is 9.13 Å². The van der Waals surface area contributed by atoms with Crippen LogP contribution in [0.2, 0.25) is 0 Å². The fourth-order valence-corrected chi connectivity index (χ4v) is 4.49. The van der Waals surface area contributed by atoms with E-state index in [-0.39, 0.29) is 5.82 Å². The minimum Gasteiger partial charge on any atom is -0.494 e. The lowest BCUT2D eigenvalue weighted by Gasteiger charge is -2.21. The predicted octanol–water partition coefficient (Wildman–Crippen LogP) is 2.77. The van der Waals surface area contributed by atoms with Gasteiger partial charge in [-0.1, -0.05) is 6.07 Å². The second kappa shape index (κ2) is 7.26. The first-order valence-corrected chi connectivity index (χ1v) is 8.22. The molecular formula is C13H18FNOS2. The quantitative estimate of drug-likeness (QED) is 0.898. The second-order valence-corrected chi connectivity index (χ2v) is 6.73. The van der Waals surface area contributed by atoms with E-state index < -0.39 is 0 Å². The van der Waals surface area contributed by atoms with Gasteiger partial charge in [-0.3, -0.25) is 0 Å². The molecule has 2 rings (SSSR count). The molecule has 1 unspecified atom stereocenters. The number of ether oxygens (including phenoxy) is 1. The highest BCUT2D eigenvalue weighted by atomic mass is 32.2. The molecule has 1 N–H and O–H groups in total. The molecule has 2 nitrogen and oxygen atoms in total. The minimum atomic E-state index is -0.305. The van der Waals surface area contributed by atoms with Crippen molar-refractivity contribution in [2.24, 2.45) is 0 Å². The molecule has 5 heteroatoms. The fraction of sp³-hybridized carbons (Fsp3) is 0.538. The van der Waals surface area contributed by atoms with Gasteiger partial charge in [0, 0.05) is 35.6 Å². The van der Waals surface area contributed by atoms with Gasteiger partial charge in [0.15, 0.2) is 11.6 Å². The molecule has 0 aliphatic carbocycles. The molecule has 1 atom stereocenters. The Kier molecular flexibility index (Phi) is 5.66. The van der Waals surface area contributed by atoms with E-state index in [0.29, 0.717) is 11.0 Å². The Bertz CT molecular complexity index is 383. The number of hydrogen-bond acceptors (Lipinski definition) is 4. The van der Waals surface area contributed by atoms with Crippen LogP contribution in [0.15, 0.2) is 18.2 Å². The summed E-state index contributed by atoms with van der Waals surface area (Å²) in [4.78, 5) is 0. The molecule has 0 aromatic heterocycles. The fourth-order valence-electron chi connectivity index (χ4n) is 1.85. The predicted molar refractivity (Wildman–Crippen MR) is 78.2 cm³/mol. The topological polar surface area (TPSA) is 21.3 Å². The van der Waals surface area contributed by atoms with Gasteiger partial charge in [-0.25, -0.2) is 4.39 Å². The van der Waals surface area contributed by atoms with Crippen molar-refractivity contribution in [3.63, 3.8) is 0 Å². The Balaban J connectivity index is 1.79. The van der Waals surface area contributed by atoms with Gasteiger partial charge < -0.3 is 10.1 Å². The number of halogens is 1. The van der Waals surface area contributed by atoms with E-state index in [0.717, 1.165) is 18.7 Å². The van der Waals surface area contributed by atoms with E-state index in [9.17, 15) is 4.39 Å². The number of methoxy groups -OCH3 is 1. The van der Waals surface area contributed by atoms with Crippen molar-refractivity contribution in [3.05, 3.63) is 29.6 Å².